The summed E-state index contributed by atoms with van der Waals surface area (Å²) in [6, 6.07) is 8.14. The molecule has 0 radical (unpaired) electrons. The predicted octanol–water partition coefficient (Wildman–Crippen LogP) is 4.21. The topological polar surface area (TPSA) is 77.1 Å². The number of alkyl halides is 3. The average Bonchev–Trinajstić information content (AvgIpc) is 2.96. The maximum absolute atomic E-state index is 13.8. The largest absolute Gasteiger partial charge is 0.417 e. The van der Waals surface area contributed by atoms with Gasteiger partial charge in [0, 0.05) is 64.1 Å². The Balaban J connectivity index is 1.30. The molecule has 3 aliphatic rings. The number of benzene rings is 1. The molecule has 0 bridgehead atoms. The van der Waals surface area contributed by atoms with Crippen molar-refractivity contribution >= 4 is 29.1 Å². The van der Waals surface area contributed by atoms with Crippen molar-refractivity contribution in [1.82, 2.24) is 14.8 Å². The highest BCUT2D eigenvalue weighted by molar-refractivity contribution is 6.02. The number of piperazine rings is 1. The van der Waals surface area contributed by atoms with Crippen molar-refractivity contribution < 1.29 is 27.6 Å². The van der Waals surface area contributed by atoms with Crippen LogP contribution in [0.3, 0.4) is 0 Å². The van der Waals surface area contributed by atoms with Crippen LogP contribution in [0, 0.1) is 5.92 Å². The number of pyridine rings is 1. The number of piperidine rings is 1. The second-order valence-corrected chi connectivity index (χ2v) is 10.6. The summed E-state index contributed by atoms with van der Waals surface area (Å²) < 4.78 is 41.0. The fraction of sp³-hybridized carbons (Fsp3) is 0.517. The summed E-state index contributed by atoms with van der Waals surface area (Å²) in [6.45, 7) is 5.14. The van der Waals surface area contributed by atoms with Crippen molar-refractivity contribution in [1.29, 1.82) is 0 Å². The van der Waals surface area contributed by atoms with Crippen LogP contribution in [0.5, 0.6) is 0 Å². The van der Waals surface area contributed by atoms with Crippen LogP contribution in [0.4, 0.5) is 24.5 Å². The Hall–Kier alpha value is -3.63. The fourth-order valence-corrected chi connectivity index (χ4v) is 6.15. The van der Waals surface area contributed by atoms with Crippen molar-refractivity contribution in [3.05, 3.63) is 53.9 Å². The molecule has 4 heterocycles. The SMILES string of the molecule is CCCC1C(C(=O)N2CCN(c3ccccc3N3CCC3=O)CC2)CCCN1C(=O)c1cnccc1C(F)(F)F. The van der Waals surface area contributed by atoms with E-state index in [1.807, 2.05) is 36.1 Å². The summed E-state index contributed by atoms with van der Waals surface area (Å²) in [4.78, 5) is 50.4. The number of hydrogen-bond donors (Lipinski definition) is 0. The van der Waals surface area contributed by atoms with Gasteiger partial charge in [-0.2, -0.15) is 13.2 Å². The van der Waals surface area contributed by atoms with E-state index < -0.39 is 35.2 Å². The zero-order valence-corrected chi connectivity index (χ0v) is 22.6. The van der Waals surface area contributed by atoms with Crippen molar-refractivity contribution in [3.8, 4) is 0 Å². The molecule has 11 heteroatoms. The van der Waals surface area contributed by atoms with Crippen LogP contribution in [0.15, 0.2) is 42.7 Å². The lowest BCUT2D eigenvalue weighted by molar-refractivity contribution is -0.140. The zero-order chi connectivity index (χ0) is 28.4. The smallest absolute Gasteiger partial charge is 0.366 e. The number of carbonyl (C=O) groups excluding carboxylic acids is 3. The second kappa shape index (κ2) is 11.5. The summed E-state index contributed by atoms with van der Waals surface area (Å²) >= 11 is 0. The fourth-order valence-electron chi connectivity index (χ4n) is 6.15. The highest BCUT2D eigenvalue weighted by atomic mass is 19.4. The number of carbonyl (C=O) groups is 3. The first-order chi connectivity index (χ1) is 19.2. The lowest BCUT2D eigenvalue weighted by atomic mass is 9.84. The molecule has 214 valence electrons. The van der Waals surface area contributed by atoms with E-state index in [-0.39, 0.29) is 11.8 Å². The van der Waals surface area contributed by atoms with Gasteiger partial charge in [0.1, 0.15) is 0 Å². The summed E-state index contributed by atoms with van der Waals surface area (Å²) in [5.41, 5.74) is 0.374. The second-order valence-electron chi connectivity index (χ2n) is 10.6. The molecule has 2 atom stereocenters. The van der Waals surface area contributed by atoms with E-state index in [9.17, 15) is 27.6 Å². The number of halogens is 3. The minimum atomic E-state index is -4.68. The van der Waals surface area contributed by atoms with E-state index in [4.69, 9.17) is 0 Å². The maximum Gasteiger partial charge on any atom is 0.417 e. The number of amides is 3. The van der Waals surface area contributed by atoms with Gasteiger partial charge >= 0.3 is 6.18 Å². The molecule has 1 aromatic heterocycles. The van der Waals surface area contributed by atoms with E-state index in [1.54, 1.807) is 4.90 Å². The van der Waals surface area contributed by atoms with Gasteiger partial charge in [-0.15, -0.1) is 0 Å². The van der Waals surface area contributed by atoms with Crippen LogP contribution in [-0.2, 0) is 15.8 Å². The molecule has 5 rings (SSSR count). The average molecular weight is 558 g/mol. The van der Waals surface area contributed by atoms with Gasteiger partial charge in [-0.05, 0) is 37.5 Å². The first kappa shape index (κ1) is 27.9. The van der Waals surface area contributed by atoms with E-state index in [2.05, 4.69) is 9.88 Å². The number of rotatable bonds is 6. The molecule has 3 aliphatic heterocycles. The number of likely N-dealkylation sites (tertiary alicyclic amines) is 1. The Kier molecular flexibility index (Phi) is 8.00. The molecule has 0 aliphatic carbocycles. The lowest BCUT2D eigenvalue weighted by Gasteiger charge is -2.44. The van der Waals surface area contributed by atoms with Gasteiger partial charge in [0.25, 0.3) is 5.91 Å². The standard InChI is InChI=1S/C29H34F3N5O3/c1-2-6-23-20(7-5-13-37(23)28(40)21-19-33-12-10-22(21)29(30,31)32)27(39)35-17-15-34(16-18-35)24-8-3-4-9-25(24)36-14-11-26(36)38/h3-4,8-10,12,19-20,23H,2,5-7,11,13-18H2,1H3. The Morgan fingerprint density at radius 3 is 2.35 bits per heavy atom. The normalized spacial score (nSPS) is 21.9. The van der Waals surface area contributed by atoms with Gasteiger partial charge < -0.3 is 19.6 Å². The van der Waals surface area contributed by atoms with Gasteiger partial charge in [0.05, 0.1) is 28.4 Å². The Bertz CT molecular complexity index is 1260. The summed E-state index contributed by atoms with van der Waals surface area (Å²) in [7, 11) is 0. The van der Waals surface area contributed by atoms with Crippen molar-refractivity contribution in [3.63, 3.8) is 0 Å². The van der Waals surface area contributed by atoms with Crippen LogP contribution in [0.25, 0.3) is 0 Å². The number of β-lactam (4-membered cyclic amide) rings is 1. The van der Waals surface area contributed by atoms with E-state index in [0.717, 1.165) is 29.8 Å². The molecule has 3 amide bonds. The Labute approximate surface area is 231 Å². The third-order valence-electron chi connectivity index (χ3n) is 8.25. The third kappa shape index (κ3) is 5.38. The number of nitrogens with zero attached hydrogens (tertiary/aromatic N) is 5. The lowest BCUT2D eigenvalue weighted by Crippen LogP contribution is -2.57. The van der Waals surface area contributed by atoms with Crippen molar-refractivity contribution in [2.45, 2.75) is 51.2 Å². The quantitative estimate of drug-likeness (QED) is 0.498. The molecule has 0 saturated carbocycles. The predicted molar refractivity (Wildman–Crippen MR) is 144 cm³/mol. The van der Waals surface area contributed by atoms with Crippen LogP contribution in [0.2, 0.25) is 0 Å². The van der Waals surface area contributed by atoms with Gasteiger partial charge in [0.2, 0.25) is 11.8 Å². The minimum absolute atomic E-state index is 0.0518. The van der Waals surface area contributed by atoms with Gasteiger partial charge in [-0.25, -0.2) is 0 Å². The zero-order valence-electron chi connectivity index (χ0n) is 22.6. The van der Waals surface area contributed by atoms with Crippen LogP contribution < -0.4 is 9.80 Å². The van der Waals surface area contributed by atoms with Crippen molar-refractivity contribution in [2.75, 3.05) is 49.1 Å². The van der Waals surface area contributed by atoms with Crippen LogP contribution in [-0.4, -0.2) is 77.8 Å². The maximum atomic E-state index is 13.8. The molecule has 3 saturated heterocycles. The van der Waals surface area contributed by atoms with Crippen molar-refractivity contribution in [2.24, 2.45) is 5.92 Å². The highest BCUT2D eigenvalue weighted by Crippen LogP contribution is 2.36. The molecule has 2 aromatic rings. The molecule has 1 aromatic carbocycles. The molecule has 3 fully saturated rings. The summed E-state index contributed by atoms with van der Waals surface area (Å²) in [6.07, 6.45) is 0.233. The third-order valence-corrected chi connectivity index (χ3v) is 8.25. The molecular weight excluding hydrogens is 523 g/mol. The van der Waals surface area contributed by atoms with E-state index in [0.29, 0.717) is 71.4 Å². The Morgan fingerprint density at radius 1 is 1.00 bits per heavy atom. The van der Waals surface area contributed by atoms with Crippen LogP contribution in [0.1, 0.15) is 54.9 Å². The van der Waals surface area contributed by atoms with E-state index in [1.165, 1.54) is 4.90 Å². The molecular formula is C29H34F3N5O3. The van der Waals surface area contributed by atoms with Gasteiger partial charge in [-0.1, -0.05) is 25.5 Å². The summed E-state index contributed by atoms with van der Waals surface area (Å²) in [5, 5.41) is 0. The molecule has 8 nitrogen and oxygen atoms in total. The molecule has 0 spiro atoms. The van der Waals surface area contributed by atoms with Gasteiger partial charge in [-0.3, -0.25) is 19.4 Å². The number of aromatic nitrogens is 1. The van der Waals surface area contributed by atoms with E-state index >= 15 is 0 Å². The Morgan fingerprint density at radius 2 is 1.73 bits per heavy atom. The highest BCUT2D eigenvalue weighted by Gasteiger charge is 2.43. The minimum Gasteiger partial charge on any atom is -0.366 e. The number of para-hydroxylation sites is 2. The monoisotopic (exact) mass is 557 g/mol. The molecule has 0 N–H and O–H groups in total. The first-order valence-corrected chi connectivity index (χ1v) is 14.0. The molecule has 2 unspecified atom stereocenters. The van der Waals surface area contributed by atoms with Gasteiger partial charge in [0.15, 0.2) is 0 Å². The first-order valence-electron chi connectivity index (χ1n) is 14.0. The molecule has 40 heavy (non-hydrogen) atoms. The number of hydrogen-bond acceptors (Lipinski definition) is 5. The number of anilines is 2. The van der Waals surface area contributed by atoms with Crippen LogP contribution >= 0.6 is 0 Å². The summed E-state index contributed by atoms with van der Waals surface area (Å²) in [5.74, 6) is -1.14.